The van der Waals surface area contributed by atoms with Gasteiger partial charge in [0.1, 0.15) is 5.82 Å². The summed E-state index contributed by atoms with van der Waals surface area (Å²) in [7, 11) is 0. The Balaban J connectivity index is 2.06. The van der Waals surface area contributed by atoms with Gasteiger partial charge in [-0.15, -0.1) is 0 Å². The fraction of sp³-hybridized carbons (Fsp3) is 0.250. The average Bonchev–Trinajstić information content (AvgIpc) is 2.44. The van der Waals surface area contributed by atoms with Crippen LogP contribution >= 0.6 is 0 Å². The molecule has 2 rings (SSSR count). The Morgan fingerprint density at radius 2 is 1.89 bits per heavy atom. The maximum Gasteiger partial charge on any atom is 0.127 e. The van der Waals surface area contributed by atoms with Crippen molar-refractivity contribution < 1.29 is 9.50 Å². The highest BCUT2D eigenvalue weighted by Crippen LogP contribution is 2.15. The molecule has 0 aromatic heterocycles. The molecule has 0 aliphatic carbocycles. The number of aliphatic hydroxyl groups is 1. The molecule has 0 aliphatic rings. The lowest BCUT2D eigenvalue weighted by Crippen LogP contribution is -2.24. The van der Waals surface area contributed by atoms with Gasteiger partial charge in [-0.05, 0) is 18.6 Å². The molecule has 3 heteroatoms. The van der Waals surface area contributed by atoms with Crippen molar-refractivity contribution >= 4 is 0 Å². The van der Waals surface area contributed by atoms with Crippen LogP contribution in [-0.4, -0.2) is 11.7 Å². The lowest BCUT2D eigenvalue weighted by molar-refractivity contribution is 0.243. The predicted molar refractivity (Wildman–Crippen MR) is 74.2 cm³/mol. The summed E-state index contributed by atoms with van der Waals surface area (Å²) in [6, 6.07) is 14.5. The number of hydrogen-bond acceptors (Lipinski definition) is 2. The molecule has 0 saturated heterocycles. The van der Waals surface area contributed by atoms with Gasteiger partial charge in [0.2, 0.25) is 0 Å². The zero-order valence-corrected chi connectivity index (χ0v) is 10.9. The molecule has 2 aromatic rings. The summed E-state index contributed by atoms with van der Waals surface area (Å²) in [4.78, 5) is 0. The van der Waals surface area contributed by atoms with E-state index in [1.165, 1.54) is 6.07 Å². The second-order valence-corrected chi connectivity index (χ2v) is 4.62. The molecule has 0 unspecified atom stereocenters. The minimum atomic E-state index is -0.220. The SMILES string of the molecule is Cc1ccc(F)c(CN[C@@H](CO)c2ccccc2)c1. The Hall–Kier alpha value is -1.71. The number of aliphatic hydroxyl groups excluding tert-OH is 1. The summed E-state index contributed by atoms with van der Waals surface area (Å²) < 4.78 is 13.6. The first-order valence-corrected chi connectivity index (χ1v) is 6.35. The highest BCUT2D eigenvalue weighted by molar-refractivity contribution is 5.25. The monoisotopic (exact) mass is 259 g/mol. The first-order valence-electron chi connectivity index (χ1n) is 6.35. The Morgan fingerprint density at radius 3 is 2.58 bits per heavy atom. The van der Waals surface area contributed by atoms with Gasteiger partial charge in [0.05, 0.1) is 12.6 Å². The maximum atomic E-state index is 13.6. The standard InChI is InChI=1S/C16H18FNO/c1-12-7-8-15(17)14(9-12)10-18-16(11-19)13-5-3-2-4-6-13/h2-9,16,18-19H,10-11H2,1H3/t16-/m0/s1. The smallest absolute Gasteiger partial charge is 0.127 e. The normalized spacial score (nSPS) is 12.4. The predicted octanol–water partition coefficient (Wildman–Crippen LogP) is 2.96. The summed E-state index contributed by atoms with van der Waals surface area (Å²) in [6.45, 7) is 2.31. The average molecular weight is 259 g/mol. The van der Waals surface area contributed by atoms with Gasteiger partial charge in [-0.1, -0.05) is 48.0 Å². The molecule has 0 amide bonds. The van der Waals surface area contributed by atoms with Gasteiger partial charge in [0.15, 0.2) is 0 Å². The number of nitrogens with one attached hydrogen (secondary N) is 1. The summed E-state index contributed by atoms with van der Waals surface area (Å²) in [5.74, 6) is -0.220. The van der Waals surface area contributed by atoms with Gasteiger partial charge in [0.25, 0.3) is 0 Å². The molecule has 2 nitrogen and oxygen atoms in total. The van der Waals surface area contributed by atoms with E-state index in [1.807, 2.05) is 43.3 Å². The molecular weight excluding hydrogens is 241 g/mol. The van der Waals surface area contributed by atoms with E-state index < -0.39 is 0 Å². The van der Waals surface area contributed by atoms with Crippen LogP contribution in [0, 0.1) is 12.7 Å². The van der Waals surface area contributed by atoms with Crippen LogP contribution in [0.25, 0.3) is 0 Å². The van der Waals surface area contributed by atoms with Gasteiger partial charge < -0.3 is 10.4 Å². The lowest BCUT2D eigenvalue weighted by atomic mass is 10.1. The second kappa shape index (κ2) is 6.45. The van der Waals surface area contributed by atoms with Crippen LogP contribution in [0.15, 0.2) is 48.5 Å². The summed E-state index contributed by atoms with van der Waals surface area (Å²) in [6.07, 6.45) is 0. The first kappa shape index (κ1) is 13.7. The first-order chi connectivity index (χ1) is 9.20. The van der Waals surface area contributed by atoms with Crippen LogP contribution in [0.3, 0.4) is 0 Å². The molecule has 0 saturated carbocycles. The van der Waals surface area contributed by atoms with Crippen LogP contribution in [0.5, 0.6) is 0 Å². The van der Waals surface area contributed by atoms with Gasteiger partial charge in [-0.25, -0.2) is 4.39 Å². The van der Waals surface area contributed by atoms with Gasteiger partial charge >= 0.3 is 0 Å². The van der Waals surface area contributed by atoms with E-state index >= 15 is 0 Å². The molecule has 2 aromatic carbocycles. The fourth-order valence-corrected chi connectivity index (χ4v) is 2.05. The van der Waals surface area contributed by atoms with E-state index in [0.29, 0.717) is 12.1 Å². The third-order valence-corrected chi connectivity index (χ3v) is 3.12. The van der Waals surface area contributed by atoms with Crippen molar-refractivity contribution in [3.8, 4) is 0 Å². The number of halogens is 1. The van der Waals surface area contributed by atoms with Crippen LogP contribution in [0.2, 0.25) is 0 Å². The van der Waals surface area contributed by atoms with E-state index in [9.17, 15) is 9.50 Å². The maximum absolute atomic E-state index is 13.6. The number of hydrogen-bond donors (Lipinski definition) is 2. The molecule has 100 valence electrons. The topological polar surface area (TPSA) is 32.3 Å². The fourth-order valence-electron chi connectivity index (χ4n) is 2.05. The van der Waals surface area contributed by atoms with Crippen molar-refractivity contribution in [2.24, 2.45) is 0 Å². The van der Waals surface area contributed by atoms with Crippen molar-refractivity contribution in [3.05, 3.63) is 71.0 Å². The van der Waals surface area contributed by atoms with E-state index in [-0.39, 0.29) is 18.5 Å². The van der Waals surface area contributed by atoms with Gasteiger partial charge in [0, 0.05) is 12.1 Å². The molecule has 19 heavy (non-hydrogen) atoms. The van der Waals surface area contributed by atoms with Crippen molar-refractivity contribution in [3.63, 3.8) is 0 Å². The van der Waals surface area contributed by atoms with Crippen LogP contribution in [-0.2, 0) is 6.54 Å². The molecule has 0 fully saturated rings. The van der Waals surface area contributed by atoms with Gasteiger partial charge in [-0.3, -0.25) is 0 Å². The van der Waals surface area contributed by atoms with Crippen molar-refractivity contribution in [1.82, 2.24) is 5.32 Å². The zero-order valence-electron chi connectivity index (χ0n) is 10.9. The molecule has 1 atom stereocenters. The van der Waals surface area contributed by atoms with Crippen molar-refractivity contribution in [2.45, 2.75) is 19.5 Å². The van der Waals surface area contributed by atoms with Crippen LogP contribution in [0.1, 0.15) is 22.7 Å². The molecule has 2 N–H and O–H groups in total. The number of rotatable bonds is 5. The lowest BCUT2D eigenvalue weighted by Gasteiger charge is -2.17. The third kappa shape index (κ3) is 3.63. The Morgan fingerprint density at radius 1 is 1.16 bits per heavy atom. The highest BCUT2D eigenvalue weighted by atomic mass is 19.1. The molecule has 0 aliphatic heterocycles. The summed E-state index contributed by atoms with van der Waals surface area (Å²) in [5, 5.41) is 12.6. The minimum Gasteiger partial charge on any atom is -0.394 e. The summed E-state index contributed by atoms with van der Waals surface area (Å²) in [5.41, 5.74) is 2.64. The second-order valence-electron chi connectivity index (χ2n) is 4.62. The molecule has 0 radical (unpaired) electrons. The molecule has 0 spiro atoms. The molecular formula is C16H18FNO. The number of aryl methyl sites for hydroxylation is 1. The highest BCUT2D eigenvalue weighted by Gasteiger charge is 2.10. The zero-order chi connectivity index (χ0) is 13.7. The van der Waals surface area contributed by atoms with Crippen LogP contribution < -0.4 is 5.32 Å². The third-order valence-electron chi connectivity index (χ3n) is 3.12. The van der Waals surface area contributed by atoms with E-state index in [2.05, 4.69) is 5.32 Å². The van der Waals surface area contributed by atoms with Crippen molar-refractivity contribution in [1.29, 1.82) is 0 Å². The number of benzene rings is 2. The Bertz CT molecular complexity index is 528. The van der Waals surface area contributed by atoms with E-state index in [0.717, 1.165) is 11.1 Å². The minimum absolute atomic E-state index is 0.0164. The van der Waals surface area contributed by atoms with E-state index in [4.69, 9.17) is 0 Å². The quantitative estimate of drug-likeness (QED) is 0.865. The van der Waals surface area contributed by atoms with Crippen molar-refractivity contribution in [2.75, 3.05) is 6.61 Å². The molecule has 0 bridgehead atoms. The van der Waals surface area contributed by atoms with Gasteiger partial charge in [-0.2, -0.15) is 0 Å². The Labute approximate surface area is 112 Å². The Kier molecular flexibility index (Phi) is 4.66. The molecule has 0 heterocycles. The van der Waals surface area contributed by atoms with Crippen LogP contribution in [0.4, 0.5) is 4.39 Å². The van der Waals surface area contributed by atoms with E-state index in [1.54, 1.807) is 6.07 Å². The summed E-state index contributed by atoms with van der Waals surface area (Å²) >= 11 is 0. The largest absolute Gasteiger partial charge is 0.394 e.